The van der Waals surface area contributed by atoms with E-state index >= 15 is 0 Å². The van der Waals surface area contributed by atoms with Gasteiger partial charge in [0.25, 0.3) is 5.91 Å². The summed E-state index contributed by atoms with van der Waals surface area (Å²) in [5.74, 6) is -0.539. The zero-order valence-electron chi connectivity index (χ0n) is 10.3. The molecule has 5 heteroatoms. The molecule has 1 heterocycles. The molecule has 0 aliphatic carbocycles. The first kappa shape index (κ1) is 12.4. The Labute approximate surface area is 106 Å². The summed E-state index contributed by atoms with van der Waals surface area (Å²) in [5, 5.41) is 3.11. The molecule has 0 unspecified atom stereocenters. The molecule has 1 amide bonds. The molecule has 18 heavy (non-hydrogen) atoms. The summed E-state index contributed by atoms with van der Waals surface area (Å²) in [7, 11) is 0. The van der Waals surface area contributed by atoms with Crippen LogP contribution in [0.15, 0.2) is 24.3 Å². The van der Waals surface area contributed by atoms with Crippen LogP contribution < -0.4 is 10.2 Å². The fraction of sp³-hybridized carbons (Fsp3) is 0.385. The number of hydrogen-bond donors (Lipinski definition) is 1. The Morgan fingerprint density at radius 3 is 2.94 bits per heavy atom. The second-order valence-electron chi connectivity index (χ2n) is 4.08. The molecular formula is C13H16N2O3. The van der Waals surface area contributed by atoms with E-state index in [4.69, 9.17) is 4.74 Å². The standard InChI is InChI=1S/C13H16N2O3/c1-2-5-13(17)18-8-12(16)15-9-14-10-6-3-4-7-11(10)15/h3-4,6-7,14H,2,5,8-9H2,1H3. The number of carbonyl (C=O) groups is 2. The van der Waals surface area contributed by atoms with Crippen molar-refractivity contribution in [2.45, 2.75) is 19.8 Å². The Balaban J connectivity index is 1.93. The van der Waals surface area contributed by atoms with E-state index in [9.17, 15) is 9.59 Å². The highest BCUT2D eigenvalue weighted by Gasteiger charge is 2.24. The molecule has 1 aliphatic rings. The fourth-order valence-corrected chi connectivity index (χ4v) is 1.83. The van der Waals surface area contributed by atoms with E-state index in [1.54, 1.807) is 4.90 Å². The third-order valence-electron chi connectivity index (χ3n) is 2.73. The van der Waals surface area contributed by atoms with Gasteiger partial charge < -0.3 is 10.1 Å². The van der Waals surface area contributed by atoms with Gasteiger partial charge in [0, 0.05) is 6.42 Å². The number of fused-ring (bicyclic) bond motifs is 1. The molecule has 1 aromatic rings. The van der Waals surface area contributed by atoms with E-state index in [1.807, 2.05) is 31.2 Å². The van der Waals surface area contributed by atoms with Crippen molar-refractivity contribution in [3.8, 4) is 0 Å². The monoisotopic (exact) mass is 248 g/mol. The van der Waals surface area contributed by atoms with Gasteiger partial charge in [-0.25, -0.2) is 0 Å². The number of rotatable bonds is 4. The molecule has 1 aromatic carbocycles. The Kier molecular flexibility index (Phi) is 3.82. The van der Waals surface area contributed by atoms with Crippen molar-refractivity contribution < 1.29 is 14.3 Å². The first-order valence-electron chi connectivity index (χ1n) is 6.01. The van der Waals surface area contributed by atoms with Gasteiger partial charge in [0.15, 0.2) is 6.61 Å². The van der Waals surface area contributed by atoms with Gasteiger partial charge in [-0.3, -0.25) is 14.5 Å². The zero-order valence-corrected chi connectivity index (χ0v) is 10.3. The SMILES string of the molecule is CCCC(=O)OCC(=O)N1CNc2ccccc21. The highest BCUT2D eigenvalue weighted by Crippen LogP contribution is 2.30. The highest BCUT2D eigenvalue weighted by atomic mass is 16.5. The lowest BCUT2D eigenvalue weighted by molar-refractivity contribution is -0.147. The number of benzene rings is 1. The molecule has 0 spiro atoms. The summed E-state index contributed by atoms with van der Waals surface area (Å²) < 4.78 is 4.91. The van der Waals surface area contributed by atoms with Crippen LogP contribution in [0.5, 0.6) is 0 Å². The minimum atomic E-state index is -0.328. The normalized spacial score (nSPS) is 12.8. The van der Waals surface area contributed by atoms with E-state index in [1.165, 1.54) is 0 Å². The van der Waals surface area contributed by atoms with Gasteiger partial charge in [-0.15, -0.1) is 0 Å². The van der Waals surface area contributed by atoms with Gasteiger partial charge in [0.1, 0.15) is 0 Å². The molecule has 0 fully saturated rings. The average Bonchev–Trinajstić information content (AvgIpc) is 2.80. The molecule has 0 aromatic heterocycles. The van der Waals surface area contributed by atoms with Gasteiger partial charge in [0.05, 0.1) is 18.0 Å². The van der Waals surface area contributed by atoms with Crippen LogP contribution in [0, 0.1) is 0 Å². The number of para-hydroxylation sites is 2. The van der Waals surface area contributed by atoms with Gasteiger partial charge >= 0.3 is 5.97 Å². The quantitative estimate of drug-likeness (QED) is 0.825. The Hall–Kier alpha value is -2.04. The van der Waals surface area contributed by atoms with E-state index in [2.05, 4.69) is 5.32 Å². The largest absolute Gasteiger partial charge is 0.456 e. The van der Waals surface area contributed by atoms with Crippen molar-refractivity contribution in [3.63, 3.8) is 0 Å². The number of nitrogens with one attached hydrogen (secondary N) is 1. The van der Waals surface area contributed by atoms with Crippen molar-refractivity contribution in [2.24, 2.45) is 0 Å². The van der Waals surface area contributed by atoms with Gasteiger partial charge in [0.2, 0.25) is 0 Å². The summed E-state index contributed by atoms with van der Waals surface area (Å²) >= 11 is 0. The third kappa shape index (κ3) is 2.61. The van der Waals surface area contributed by atoms with Crippen LogP contribution in [0.1, 0.15) is 19.8 Å². The van der Waals surface area contributed by atoms with E-state index in [0.29, 0.717) is 13.1 Å². The average molecular weight is 248 g/mol. The summed E-state index contributed by atoms with van der Waals surface area (Å²) in [6.45, 7) is 2.11. The molecular weight excluding hydrogens is 232 g/mol. The molecule has 96 valence electrons. The lowest BCUT2D eigenvalue weighted by Crippen LogP contribution is -2.34. The number of amides is 1. The van der Waals surface area contributed by atoms with Crippen molar-refractivity contribution in [1.82, 2.24) is 0 Å². The molecule has 0 atom stereocenters. The van der Waals surface area contributed by atoms with Crippen molar-refractivity contribution >= 4 is 23.3 Å². The Morgan fingerprint density at radius 1 is 1.39 bits per heavy atom. The van der Waals surface area contributed by atoms with Crippen LogP contribution in [0.3, 0.4) is 0 Å². The number of hydrogen-bond acceptors (Lipinski definition) is 4. The maximum absolute atomic E-state index is 11.9. The smallest absolute Gasteiger partial charge is 0.306 e. The molecule has 5 nitrogen and oxygen atoms in total. The molecule has 1 aliphatic heterocycles. The number of ether oxygens (including phenoxy) is 1. The summed E-state index contributed by atoms with van der Waals surface area (Å²) in [6.07, 6.45) is 1.07. The zero-order chi connectivity index (χ0) is 13.0. The van der Waals surface area contributed by atoms with Gasteiger partial charge in [-0.1, -0.05) is 19.1 Å². The Bertz CT molecular complexity index is 459. The van der Waals surface area contributed by atoms with E-state index < -0.39 is 0 Å². The van der Waals surface area contributed by atoms with E-state index in [-0.39, 0.29) is 18.5 Å². The second-order valence-corrected chi connectivity index (χ2v) is 4.08. The molecule has 0 saturated carbocycles. The maximum Gasteiger partial charge on any atom is 0.306 e. The number of esters is 1. The minimum absolute atomic E-state index is 0.200. The minimum Gasteiger partial charge on any atom is -0.456 e. The first-order valence-corrected chi connectivity index (χ1v) is 6.01. The maximum atomic E-state index is 11.9. The predicted octanol–water partition coefficient (Wildman–Crippen LogP) is 1.75. The number of carbonyl (C=O) groups excluding carboxylic acids is 2. The second kappa shape index (κ2) is 5.53. The van der Waals surface area contributed by atoms with Crippen LogP contribution in [0.2, 0.25) is 0 Å². The highest BCUT2D eigenvalue weighted by molar-refractivity contribution is 6.00. The lowest BCUT2D eigenvalue weighted by Gasteiger charge is -2.15. The Morgan fingerprint density at radius 2 is 2.17 bits per heavy atom. The molecule has 0 bridgehead atoms. The van der Waals surface area contributed by atoms with Crippen LogP contribution in [0.4, 0.5) is 11.4 Å². The summed E-state index contributed by atoms with van der Waals surface area (Å²) in [4.78, 5) is 24.7. The number of anilines is 2. The van der Waals surface area contributed by atoms with Crippen molar-refractivity contribution in [1.29, 1.82) is 0 Å². The molecule has 1 N–H and O–H groups in total. The predicted molar refractivity (Wildman–Crippen MR) is 68.3 cm³/mol. The summed E-state index contributed by atoms with van der Waals surface area (Å²) in [6, 6.07) is 7.54. The van der Waals surface area contributed by atoms with Crippen molar-refractivity contribution in [3.05, 3.63) is 24.3 Å². The molecule has 0 saturated heterocycles. The topological polar surface area (TPSA) is 58.6 Å². The van der Waals surface area contributed by atoms with Gasteiger partial charge in [-0.05, 0) is 18.6 Å². The third-order valence-corrected chi connectivity index (χ3v) is 2.73. The first-order chi connectivity index (χ1) is 8.72. The van der Waals surface area contributed by atoms with Gasteiger partial charge in [-0.2, -0.15) is 0 Å². The molecule has 0 radical (unpaired) electrons. The van der Waals surface area contributed by atoms with Crippen LogP contribution in [0.25, 0.3) is 0 Å². The number of nitrogens with zero attached hydrogens (tertiary/aromatic N) is 1. The van der Waals surface area contributed by atoms with Crippen LogP contribution in [-0.2, 0) is 14.3 Å². The van der Waals surface area contributed by atoms with Crippen LogP contribution in [-0.4, -0.2) is 25.2 Å². The fourth-order valence-electron chi connectivity index (χ4n) is 1.83. The van der Waals surface area contributed by atoms with E-state index in [0.717, 1.165) is 17.8 Å². The summed E-state index contributed by atoms with van der Waals surface area (Å²) in [5.41, 5.74) is 1.75. The van der Waals surface area contributed by atoms with Crippen molar-refractivity contribution in [2.75, 3.05) is 23.5 Å². The van der Waals surface area contributed by atoms with Crippen LogP contribution >= 0.6 is 0 Å². The lowest BCUT2D eigenvalue weighted by atomic mass is 10.2. The molecule has 2 rings (SSSR count).